The van der Waals surface area contributed by atoms with E-state index in [9.17, 15) is 14.4 Å². The molecule has 0 radical (unpaired) electrons. The molecule has 1 aliphatic rings. The van der Waals surface area contributed by atoms with Crippen molar-refractivity contribution in [2.75, 3.05) is 14.2 Å². The fourth-order valence-corrected chi connectivity index (χ4v) is 2.23. The van der Waals surface area contributed by atoms with Crippen LogP contribution in [0.25, 0.3) is 0 Å². The molecule has 0 spiro atoms. The van der Waals surface area contributed by atoms with Crippen LogP contribution in [0.4, 0.5) is 4.79 Å². The summed E-state index contributed by atoms with van der Waals surface area (Å²) in [6.07, 6.45) is 0.367. The molecule has 3 N–H and O–H groups in total. The van der Waals surface area contributed by atoms with E-state index in [1.165, 1.54) is 7.11 Å². The highest BCUT2D eigenvalue weighted by molar-refractivity contribution is 5.98. The van der Waals surface area contributed by atoms with Crippen LogP contribution in [0.15, 0.2) is 18.2 Å². The van der Waals surface area contributed by atoms with Gasteiger partial charge in [0.15, 0.2) is 0 Å². The van der Waals surface area contributed by atoms with Crippen molar-refractivity contribution in [1.29, 1.82) is 0 Å². The zero-order valence-corrected chi connectivity index (χ0v) is 13.0. The van der Waals surface area contributed by atoms with Gasteiger partial charge in [-0.3, -0.25) is 14.9 Å². The Morgan fingerprint density at radius 2 is 2.09 bits per heavy atom. The number of urea groups is 1. The van der Waals surface area contributed by atoms with E-state index in [0.29, 0.717) is 11.5 Å². The lowest BCUT2D eigenvalue weighted by molar-refractivity contribution is -0.123. The summed E-state index contributed by atoms with van der Waals surface area (Å²) in [5.74, 6) is 0.492. The van der Waals surface area contributed by atoms with Crippen LogP contribution in [0.5, 0.6) is 11.5 Å². The Kier molecular flexibility index (Phi) is 5.40. The first-order chi connectivity index (χ1) is 11.0. The van der Waals surface area contributed by atoms with E-state index < -0.39 is 18.0 Å². The van der Waals surface area contributed by atoms with Gasteiger partial charge in [0, 0.05) is 24.6 Å². The quantitative estimate of drug-likeness (QED) is 0.724. The van der Waals surface area contributed by atoms with E-state index >= 15 is 0 Å². The first-order valence-corrected chi connectivity index (χ1v) is 7.12. The molecule has 0 saturated carbocycles. The predicted molar refractivity (Wildman–Crippen MR) is 81.1 cm³/mol. The largest absolute Gasteiger partial charge is 0.497 e. The van der Waals surface area contributed by atoms with Crippen molar-refractivity contribution in [3.05, 3.63) is 23.8 Å². The van der Waals surface area contributed by atoms with Crippen molar-refractivity contribution in [1.82, 2.24) is 16.0 Å². The SMILES string of the molecule is COc1ccc(CNC(=O)[C@H]2CCC(=O)NC(=O)N2)c(OC)c1. The minimum Gasteiger partial charge on any atom is -0.497 e. The Labute approximate surface area is 133 Å². The highest BCUT2D eigenvalue weighted by atomic mass is 16.5. The molecular weight excluding hydrogens is 302 g/mol. The number of nitrogens with one attached hydrogen (secondary N) is 3. The molecule has 1 saturated heterocycles. The molecule has 1 aliphatic heterocycles. The minimum absolute atomic E-state index is 0.114. The van der Waals surface area contributed by atoms with Crippen LogP contribution in [0, 0.1) is 0 Å². The molecule has 0 bridgehead atoms. The zero-order valence-electron chi connectivity index (χ0n) is 13.0. The van der Waals surface area contributed by atoms with Crippen LogP contribution in [0.1, 0.15) is 18.4 Å². The van der Waals surface area contributed by atoms with Gasteiger partial charge in [0.1, 0.15) is 17.5 Å². The van der Waals surface area contributed by atoms with Crippen LogP contribution in [-0.2, 0) is 16.1 Å². The summed E-state index contributed by atoms with van der Waals surface area (Å²) in [7, 11) is 3.09. The first-order valence-electron chi connectivity index (χ1n) is 7.12. The molecule has 1 aromatic rings. The third-order valence-electron chi connectivity index (χ3n) is 3.48. The molecule has 4 amide bonds. The molecule has 2 rings (SSSR count). The summed E-state index contributed by atoms with van der Waals surface area (Å²) < 4.78 is 10.4. The van der Waals surface area contributed by atoms with Gasteiger partial charge < -0.3 is 20.1 Å². The average molecular weight is 321 g/mol. The Hall–Kier alpha value is -2.77. The smallest absolute Gasteiger partial charge is 0.322 e. The Morgan fingerprint density at radius 1 is 1.30 bits per heavy atom. The lowest BCUT2D eigenvalue weighted by Gasteiger charge is -2.16. The number of hydrogen-bond acceptors (Lipinski definition) is 5. The number of ether oxygens (including phenoxy) is 2. The highest BCUT2D eigenvalue weighted by Gasteiger charge is 2.25. The van der Waals surface area contributed by atoms with Crippen molar-refractivity contribution in [3.63, 3.8) is 0 Å². The lowest BCUT2D eigenvalue weighted by atomic mass is 10.1. The van der Waals surface area contributed by atoms with E-state index in [2.05, 4.69) is 16.0 Å². The topological polar surface area (TPSA) is 106 Å². The van der Waals surface area contributed by atoms with Crippen LogP contribution in [0.2, 0.25) is 0 Å². The van der Waals surface area contributed by atoms with Crippen LogP contribution in [0.3, 0.4) is 0 Å². The number of hydrogen-bond donors (Lipinski definition) is 3. The number of benzene rings is 1. The van der Waals surface area contributed by atoms with Crippen molar-refractivity contribution >= 4 is 17.8 Å². The summed E-state index contributed by atoms with van der Waals surface area (Å²) in [6, 6.07) is 3.87. The van der Waals surface area contributed by atoms with Gasteiger partial charge in [-0.15, -0.1) is 0 Å². The molecule has 1 heterocycles. The van der Waals surface area contributed by atoms with E-state index in [1.54, 1.807) is 25.3 Å². The summed E-state index contributed by atoms with van der Waals surface area (Å²) in [4.78, 5) is 34.8. The number of carbonyl (C=O) groups is 3. The average Bonchev–Trinajstić information content (AvgIpc) is 2.72. The monoisotopic (exact) mass is 321 g/mol. The van der Waals surface area contributed by atoms with Gasteiger partial charge in [-0.25, -0.2) is 4.79 Å². The van der Waals surface area contributed by atoms with Gasteiger partial charge in [-0.05, 0) is 18.6 Å². The first kappa shape index (κ1) is 16.6. The molecule has 8 heteroatoms. The Balaban J connectivity index is 1.98. The molecule has 8 nitrogen and oxygen atoms in total. The van der Waals surface area contributed by atoms with E-state index in [4.69, 9.17) is 9.47 Å². The van der Waals surface area contributed by atoms with Crippen molar-refractivity contribution in [2.45, 2.75) is 25.4 Å². The molecule has 0 unspecified atom stereocenters. The Bertz CT molecular complexity index is 617. The second kappa shape index (κ2) is 7.48. The van der Waals surface area contributed by atoms with Gasteiger partial charge in [-0.2, -0.15) is 0 Å². The molecule has 124 valence electrons. The summed E-state index contributed by atoms with van der Waals surface area (Å²) in [6.45, 7) is 0.236. The fourth-order valence-electron chi connectivity index (χ4n) is 2.23. The maximum Gasteiger partial charge on any atom is 0.322 e. The normalized spacial score (nSPS) is 17.6. The van der Waals surface area contributed by atoms with Crippen molar-refractivity contribution in [3.8, 4) is 11.5 Å². The Morgan fingerprint density at radius 3 is 2.78 bits per heavy atom. The number of amides is 4. The lowest BCUT2D eigenvalue weighted by Crippen LogP contribution is -2.48. The number of methoxy groups -OCH3 is 2. The molecule has 1 fully saturated rings. The third kappa shape index (κ3) is 4.35. The fraction of sp³-hybridized carbons (Fsp3) is 0.400. The van der Waals surface area contributed by atoms with Gasteiger partial charge in [0.05, 0.1) is 14.2 Å². The molecule has 23 heavy (non-hydrogen) atoms. The molecule has 1 aromatic carbocycles. The summed E-state index contributed by atoms with van der Waals surface area (Å²) in [5.41, 5.74) is 0.774. The van der Waals surface area contributed by atoms with E-state index in [0.717, 1.165) is 5.56 Å². The molecule has 0 aromatic heterocycles. The number of rotatable bonds is 5. The maximum absolute atomic E-state index is 12.2. The van der Waals surface area contributed by atoms with Crippen LogP contribution >= 0.6 is 0 Å². The highest BCUT2D eigenvalue weighted by Crippen LogP contribution is 2.24. The van der Waals surface area contributed by atoms with Crippen LogP contribution in [-0.4, -0.2) is 38.1 Å². The molecule has 0 aliphatic carbocycles. The van der Waals surface area contributed by atoms with Crippen molar-refractivity contribution in [2.24, 2.45) is 0 Å². The maximum atomic E-state index is 12.2. The van der Waals surface area contributed by atoms with Gasteiger partial charge in [0.2, 0.25) is 11.8 Å². The van der Waals surface area contributed by atoms with Crippen molar-refractivity contribution < 1.29 is 23.9 Å². The van der Waals surface area contributed by atoms with E-state index in [1.807, 2.05) is 0 Å². The third-order valence-corrected chi connectivity index (χ3v) is 3.48. The second-order valence-corrected chi connectivity index (χ2v) is 5.01. The minimum atomic E-state index is -0.745. The second-order valence-electron chi connectivity index (χ2n) is 5.01. The summed E-state index contributed by atoms with van der Waals surface area (Å²) >= 11 is 0. The van der Waals surface area contributed by atoms with Crippen LogP contribution < -0.4 is 25.4 Å². The predicted octanol–water partition coefficient (Wildman–Crippen LogP) is 0.308. The standard InChI is InChI=1S/C15H19N3O5/c1-22-10-4-3-9(12(7-10)23-2)8-16-14(20)11-5-6-13(19)18-15(21)17-11/h3-4,7,11H,5-6,8H2,1-2H3,(H,16,20)(H2,17,18,19,21)/t11-/m1/s1. The number of carbonyl (C=O) groups excluding carboxylic acids is 3. The number of imide groups is 1. The molecule has 1 atom stereocenters. The summed E-state index contributed by atoms with van der Waals surface area (Å²) in [5, 5.41) is 7.32. The zero-order chi connectivity index (χ0) is 16.8. The molecular formula is C15H19N3O5. The van der Waals surface area contributed by atoms with E-state index in [-0.39, 0.29) is 25.3 Å². The van der Waals surface area contributed by atoms with Gasteiger partial charge in [0.25, 0.3) is 0 Å². The van der Waals surface area contributed by atoms with Gasteiger partial charge >= 0.3 is 6.03 Å². The van der Waals surface area contributed by atoms with Gasteiger partial charge in [-0.1, -0.05) is 0 Å².